The highest BCUT2D eigenvalue weighted by Crippen LogP contribution is 2.24. The maximum Gasteiger partial charge on any atom is 0.264 e. The highest BCUT2D eigenvalue weighted by Gasteiger charge is 2.19. The molecule has 0 radical (unpaired) electrons. The van der Waals surface area contributed by atoms with Gasteiger partial charge in [0.25, 0.3) is 20.0 Å². The zero-order chi connectivity index (χ0) is 22.1. The number of pyridine rings is 1. The van der Waals surface area contributed by atoms with Gasteiger partial charge in [-0.1, -0.05) is 29.8 Å². The number of nitrogens with one attached hydrogen (secondary N) is 2. The van der Waals surface area contributed by atoms with E-state index in [1.165, 1.54) is 36.5 Å². The first-order valence-electron chi connectivity index (χ1n) is 9.00. The second-order valence-electron chi connectivity index (χ2n) is 6.57. The van der Waals surface area contributed by atoms with Crippen LogP contribution in [0.4, 0.5) is 11.4 Å². The Bertz CT molecular complexity index is 1450. The van der Waals surface area contributed by atoms with Crippen molar-refractivity contribution >= 4 is 53.9 Å². The molecule has 1 aromatic heterocycles. The van der Waals surface area contributed by atoms with Crippen LogP contribution in [0, 0.1) is 0 Å². The Kier molecular flexibility index (Phi) is 5.57. The van der Waals surface area contributed by atoms with Gasteiger partial charge < -0.3 is 0 Å². The van der Waals surface area contributed by atoms with Crippen LogP contribution in [0.2, 0.25) is 5.02 Å². The number of hydrogen-bond donors (Lipinski definition) is 2. The monoisotopic (exact) mass is 473 g/mol. The van der Waals surface area contributed by atoms with Crippen LogP contribution < -0.4 is 9.44 Å². The predicted molar refractivity (Wildman–Crippen MR) is 121 cm³/mol. The van der Waals surface area contributed by atoms with Gasteiger partial charge in [-0.05, 0) is 60.7 Å². The quantitative estimate of drug-likeness (QED) is 0.429. The van der Waals surface area contributed by atoms with E-state index >= 15 is 0 Å². The summed E-state index contributed by atoms with van der Waals surface area (Å²) < 4.78 is 55.8. The van der Waals surface area contributed by atoms with E-state index in [1.807, 2.05) is 0 Å². The number of aromatic nitrogens is 1. The number of halogens is 1. The molecular weight excluding hydrogens is 458 g/mol. The molecule has 0 unspecified atom stereocenters. The fourth-order valence-electron chi connectivity index (χ4n) is 2.94. The van der Waals surface area contributed by atoms with Gasteiger partial charge in [0.05, 0.1) is 10.4 Å². The number of sulfonamides is 2. The topological polar surface area (TPSA) is 105 Å². The van der Waals surface area contributed by atoms with Gasteiger partial charge in [-0.3, -0.25) is 14.4 Å². The molecule has 0 saturated carbocycles. The Morgan fingerprint density at radius 3 is 1.94 bits per heavy atom. The first kappa shape index (κ1) is 21.1. The van der Waals surface area contributed by atoms with Crippen molar-refractivity contribution in [3.05, 3.63) is 90.1 Å². The third-order valence-corrected chi connectivity index (χ3v) is 7.46. The number of anilines is 2. The van der Waals surface area contributed by atoms with Crippen LogP contribution in [0.15, 0.2) is 94.9 Å². The predicted octanol–water partition coefficient (Wildman–Crippen LogP) is 4.49. The largest absolute Gasteiger partial charge is 0.280 e. The van der Waals surface area contributed by atoms with E-state index in [0.29, 0.717) is 21.6 Å². The third kappa shape index (κ3) is 4.63. The molecule has 31 heavy (non-hydrogen) atoms. The first-order valence-corrected chi connectivity index (χ1v) is 12.3. The molecule has 0 fully saturated rings. The van der Waals surface area contributed by atoms with Crippen LogP contribution in [0.3, 0.4) is 0 Å². The average molecular weight is 474 g/mol. The zero-order valence-electron chi connectivity index (χ0n) is 15.9. The summed E-state index contributed by atoms with van der Waals surface area (Å²) in [6, 6.07) is 20.0. The molecule has 10 heteroatoms. The lowest BCUT2D eigenvalue weighted by atomic mass is 10.2. The van der Waals surface area contributed by atoms with E-state index in [1.54, 1.807) is 48.5 Å². The lowest BCUT2D eigenvalue weighted by Crippen LogP contribution is -2.15. The molecular formula is C21H16ClN3O4S2. The van der Waals surface area contributed by atoms with Crippen LogP contribution in [-0.4, -0.2) is 21.8 Å². The molecule has 4 aromatic rings. The number of hydrogen-bond acceptors (Lipinski definition) is 5. The van der Waals surface area contributed by atoms with E-state index in [9.17, 15) is 16.8 Å². The number of para-hydroxylation sites is 1. The van der Waals surface area contributed by atoms with E-state index in [4.69, 9.17) is 11.6 Å². The van der Waals surface area contributed by atoms with Gasteiger partial charge in [-0.15, -0.1) is 0 Å². The summed E-state index contributed by atoms with van der Waals surface area (Å²) in [6.07, 6.45) is 1.52. The van der Waals surface area contributed by atoms with Gasteiger partial charge in [0, 0.05) is 28.0 Å². The second kappa shape index (κ2) is 8.18. The van der Waals surface area contributed by atoms with Crippen molar-refractivity contribution < 1.29 is 16.8 Å². The molecule has 0 aliphatic heterocycles. The molecule has 158 valence electrons. The molecule has 3 aromatic carbocycles. The van der Waals surface area contributed by atoms with E-state index in [2.05, 4.69) is 14.4 Å². The summed E-state index contributed by atoms with van der Waals surface area (Å²) in [5, 5.41) is 1.18. The Labute approximate surface area is 184 Å². The minimum absolute atomic E-state index is 0.0165. The van der Waals surface area contributed by atoms with Gasteiger partial charge in [-0.25, -0.2) is 16.8 Å². The van der Waals surface area contributed by atoms with Gasteiger partial charge in [0.15, 0.2) is 0 Å². The number of rotatable bonds is 6. The normalized spacial score (nSPS) is 11.9. The number of benzene rings is 3. The summed E-state index contributed by atoms with van der Waals surface area (Å²) in [5.74, 6) is 0. The van der Waals surface area contributed by atoms with E-state index < -0.39 is 20.0 Å². The average Bonchev–Trinajstić information content (AvgIpc) is 2.75. The van der Waals surface area contributed by atoms with Gasteiger partial charge in [0.1, 0.15) is 4.90 Å². The minimum atomic E-state index is -3.93. The van der Waals surface area contributed by atoms with Crippen molar-refractivity contribution in [1.29, 1.82) is 0 Å². The smallest absolute Gasteiger partial charge is 0.264 e. The Morgan fingerprint density at radius 1 is 0.677 bits per heavy atom. The fourth-order valence-corrected chi connectivity index (χ4v) is 5.36. The van der Waals surface area contributed by atoms with Crippen molar-refractivity contribution in [2.75, 3.05) is 9.44 Å². The summed E-state index contributed by atoms with van der Waals surface area (Å²) in [7, 11) is -7.78. The molecule has 7 nitrogen and oxygen atoms in total. The highest BCUT2D eigenvalue weighted by molar-refractivity contribution is 7.93. The van der Waals surface area contributed by atoms with Crippen molar-refractivity contribution in [2.45, 2.75) is 9.79 Å². The Hall–Kier alpha value is -3.14. The third-order valence-electron chi connectivity index (χ3n) is 4.40. The second-order valence-corrected chi connectivity index (χ2v) is 10.3. The van der Waals surface area contributed by atoms with Crippen LogP contribution in [0.1, 0.15) is 0 Å². The summed E-state index contributed by atoms with van der Waals surface area (Å²) in [5.41, 5.74) is 0.930. The van der Waals surface area contributed by atoms with Gasteiger partial charge in [-0.2, -0.15) is 0 Å². The molecule has 0 aliphatic rings. The van der Waals surface area contributed by atoms with Crippen LogP contribution in [0.5, 0.6) is 0 Å². The molecule has 0 bridgehead atoms. The van der Waals surface area contributed by atoms with Crippen molar-refractivity contribution in [3.8, 4) is 0 Å². The van der Waals surface area contributed by atoms with Crippen molar-refractivity contribution in [2.24, 2.45) is 0 Å². The van der Waals surface area contributed by atoms with E-state index in [0.717, 1.165) is 0 Å². The standard InChI is InChI=1S/C21H16ClN3O4S2/c22-16-6-8-17(9-7-16)24-30(26,27)19-12-10-18(11-13-19)25-31(28,29)20-5-1-3-15-4-2-14-23-21(15)20/h1-14,24-25H. The first-order chi connectivity index (χ1) is 14.7. The summed E-state index contributed by atoms with van der Waals surface area (Å²) in [4.78, 5) is 4.18. The van der Waals surface area contributed by atoms with Crippen LogP contribution in [-0.2, 0) is 20.0 Å². The molecule has 0 aliphatic carbocycles. The molecule has 4 rings (SSSR count). The fraction of sp³-hybridized carbons (Fsp3) is 0. The Morgan fingerprint density at radius 2 is 1.26 bits per heavy atom. The maximum absolute atomic E-state index is 12.9. The molecule has 0 amide bonds. The molecule has 0 atom stereocenters. The summed E-state index contributed by atoms with van der Waals surface area (Å²) >= 11 is 5.81. The maximum atomic E-state index is 12.9. The van der Waals surface area contributed by atoms with Crippen molar-refractivity contribution in [1.82, 2.24) is 4.98 Å². The highest BCUT2D eigenvalue weighted by atomic mass is 35.5. The molecule has 1 heterocycles. The zero-order valence-corrected chi connectivity index (χ0v) is 18.2. The number of nitrogens with zero attached hydrogens (tertiary/aromatic N) is 1. The van der Waals surface area contributed by atoms with Crippen molar-refractivity contribution in [3.63, 3.8) is 0 Å². The minimum Gasteiger partial charge on any atom is -0.280 e. The molecule has 0 spiro atoms. The summed E-state index contributed by atoms with van der Waals surface area (Å²) in [6.45, 7) is 0. The van der Waals surface area contributed by atoms with E-state index in [-0.39, 0.29) is 15.5 Å². The molecule has 0 saturated heterocycles. The lowest BCUT2D eigenvalue weighted by Gasteiger charge is -2.11. The SMILES string of the molecule is O=S(=O)(Nc1ccc(Cl)cc1)c1ccc(NS(=O)(=O)c2cccc3cccnc23)cc1. The lowest BCUT2D eigenvalue weighted by molar-refractivity contribution is 0.600. The Balaban J connectivity index is 1.57. The van der Waals surface area contributed by atoms with Crippen LogP contribution >= 0.6 is 11.6 Å². The molecule has 2 N–H and O–H groups in total. The van der Waals surface area contributed by atoms with Gasteiger partial charge >= 0.3 is 0 Å². The number of fused-ring (bicyclic) bond motifs is 1. The van der Waals surface area contributed by atoms with Crippen LogP contribution in [0.25, 0.3) is 10.9 Å². The van der Waals surface area contributed by atoms with Gasteiger partial charge in [0.2, 0.25) is 0 Å².